The number of rotatable bonds is 2. The van der Waals surface area contributed by atoms with Gasteiger partial charge < -0.3 is 9.72 Å². The van der Waals surface area contributed by atoms with Crippen LogP contribution in [0.4, 0.5) is 4.39 Å². The number of alkyl halides is 1. The van der Waals surface area contributed by atoms with Crippen molar-refractivity contribution in [3.05, 3.63) is 22.7 Å². The predicted octanol–water partition coefficient (Wildman–Crippen LogP) is 4.01. The molecule has 0 bridgehead atoms. The van der Waals surface area contributed by atoms with Crippen molar-refractivity contribution in [1.29, 1.82) is 0 Å². The van der Waals surface area contributed by atoms with Gasteiger partial charge in [-0.1, -0.05) is 12.8 Å². The molecular weight excluding hydrogens is 265 g/mol. The average Bonchev–Trinajstić information content (AvgIpc) is 2.98. The van der Waals surface area contributed by atoms with Crippen LogP contribution in [0.15, 0.2) is 12.3 Å². The Balaban J connectivity index is 1.99. The third kappa shape index (κ3) is 2.16. The molecule has 1 saturated carbocycles. The maximum absolute atomic E-state index is 14.1. The number of ether oxygens (including phenoxy) is 1. The van der Waals surface area contributed by atoms with Gasteiger partial charge in [0.25, 0.3) is 0 Å². The normalized spacial score (nSPS) is 23.7. The van der Waals surface area contributed by atoms with Crippen molar-refractivity contribution >= 4 is 27.5 Å². The molecule has 0 amide bonds. The number of methoxy groups -OCH3 is 1. The summed E-state index contributed by atoms with van der Waals surface area (Å²) in [6.45, 7) is 0. The number of hydrogen-bond acceptors (Lipinski definition) is 3. The first-order valence-electron chi connectivity index (χ1n) is 6.54. The van der Waals surface area contributed by atoms with E-state index in [0.717, 1.165) is 35.0 Å². The molecule has 2 aromatic rings. The van der Waals surface area contributed by atoms with E-state index in [2.05, 4.69) is 4.98 Å². The van der Waals surface area contributed by atoms with Gasteiger partial charge >= 0.3 is 5.97 Å². The fraction of sp³-hybridized carbons (Fsp3) is 0.500. The van der Waals surface area contributed by atoms with Crippen LogP contribution in [0.25, 0.3) is 10.2 Å². The summed E-state index contributed by atoms with van der Waals surface area (Å²) in [4.78, 5) is 15.2. The minimum atomic E-state index is -0.767. The second kappa shape index (κ2) is 4.96. The molecule has 0 aromatic carbocycles. The van der Waals surface area contributed by atoms with Crippen LogP contribution in [0.5, 0.6) is 0 Å². The van der Waals surface area contributed by atoms with Crippen molar-refractivity contribution in [2.45, 2.75) is 37.8 Å². The standard InChI is InChI=1S/C14H16FNO2S/c1-18-14(17)12-6-11-13(19-12)9(7-16-11)8-4-2-3-5-10(8)15/h6-8,10,16H,2-5H2,1H3. The zero-order valence-corrected chi connectivity index (χ0v) is 11.6. The molecule has 102 valence electrons. The van der Waals surface area contributed by atoms with E-state index in [-0.39, 0.29) is 11.9 Å². The first kappa shape index (κ1) is 12.7. The maximum Gasteiger partial charge on any atom is 0.348 e. The summed E-state index contributed by atoms with van der Waals surface area (Å²) >= 11 is 1.39. The molecule has 1 fully saturated rings. The molecule has 3 nitrogen and oxygen atoms in total. The molecule has 0 aliphatic heterocycles. The van der Waals surface area contributed by atoms with E-state index >= 15 is 0 Å². The monoisotopic (exact) mass is 281 g/mol. The SMILES string of the molecule is COC(=O)c1cc2[nH]cc(C3CCCCC3F)c2s1. The van der Waals surface area contributed by atoms with Gasteiger partial charge in [-0.2, -0.15) is 0 Å². The first-order chi connectivity index (χ1) is 9.20. The Bertz CT molecular complexity index is 604. The van der Waals surface area contributed by atoms with Gasteiger partial charge in [-0.25, -0.2) is 9.18 Å². The Hall–Kier alpha value is -1.36. The molecule has 3 rings (SSSR count). The molecule has 1 aliphatic carbocycles. The molecular formula is C14H16FNO2S. The van der Waals surface area contributed by atoms with Crippen LogP contribution in [0.1, 0.15) is 46.8 Å². The second-order valence-electron chi connectivity index (χ2n) is 5.00. The van der Waals surface area contributed by atoms with Crippen molar-refractivity contribution in [2.24, 2.45) is 0 Å². The smallest absolute Gasteiger partial charge is 0.348 e. The lowest BCUT2D eigenvalue weighted by molar-refractivity contribution is 0.0606. The molecule has 1 N–H and O–H groups in total. The zero-order chi connectivity index (χ0) is 13.4. The Morgan fingerprint density at radius 2 is 2.26 bits per heavy atom. The fourth-order valence-corrected chi connectivity index (χ4v) is 3.97. The van der Waals surface area contributed by atoms with E-state index in [0.29, 0.717) is 11.3 Å². The van der Waals surface area contributed by atoms with Crippen molar-refractivity contribution in [3.8, 4) is 0 Å². The molecule has 19 heavy (non-hydrogen) atoms. The lowest BCUT2D eigenvalue weighted by Crippen LogP contribution is -2.18. The number of halogens is 1. The highest BCUT2D eigenvalue weighted by Crippen LogP contribution is 2.40. The summed E-state index contributed by atoms with van der Waals surface area (Å²) in [6, 6.07) is 1.78. The maximum atomic E-state index is 14.1. The third-order valence-electron chi connectivity index (χ3n) is 3.85. The van der Waals surface area contributed by atoms with Crippen molar-refractivity contribution < 1.29 is 13.9 Å². The Labute approximate surface area is 114 Å². The number of aromatic nitrogens is 1. The predicted molar refractivity (Wildman–Crippen MR) is 73.6 cm³/mol. The Morgan fingerprint density at radius 1 is 1.47 bits per heavy atom. The van der Waals surface area contributed by atoms with E-state index in [4.69, 9.17) is 4.74 Å². The average molecular weight is 281 g/mol. The number of H-pyrrole nitrogens is 1. The Morgan fingerprint density at radius 3 is 3.00 bits per heavy atom. The van der Waals surface area contributed by atoms with E-state index in [1.165, 1.54) is 18.4 Å². The topological polar surface area (TPSA) is 42.1 Å². The second-order valence-corrected chi connectivity index (χ2v) is 6.05. The lowest BCUT2D eigenvalue weighted by Gasteiger charge is -2.25. The number of carbonyl (C=O) groups is 1. The number of thiophene rings is 1. The number of aromatic amines is 1. The van der Waals surface area contributed by atoms with Gasteiger partial charge in [-0.3, -0.25) is 0 Å². The molecule has 2 atom stereocenters. The van der Waals surface area contributed by atoms with E-state index in [9.17, 15) is 9.18 Å². The van der Waals surface area contributed by atoms with Crippen molar-refractivity contribution in [1.82, 2.24) is 4.98 Å². The van der Waals surface area contributed by atoms with Crippen LogP contribution in [0.2, 0.25) is 0 Å². The van der Waals surface area contributed by atoms with Gasteiger partial charge in [0, 0.05) is 12.1 Å². The van der Waals surface area contributed by atoms with E-state index in [1.807, 2.05) is 6.20 Å². The highest BCUT2D eigenvalue weighted by molar-refractivity contribution is 7.20. The van der Waals surface area contributed by atoms with Gasteiger partial charge in [0.2, 0.25) is 0 Å². The number of fused-ring (bicyclic) bond motifs is 1. The van der Waals surface area contributed by atoms with Crippen molar-refractivity contribution in [2.75, 3.05) is 7.11 Å². The number of esters is 1. The Kier molecular flexibility index (Phi) is 3.31. The van der Waals surface area contributed by atoms with Crippen LogP contribution < -0.4 is 0 Å². The molecule has 5 heteroatoms. The van der Waals surface area contributed by atoms with Gasteiger partial charge in [0.05, 0.1) is 17.3 Å². The van der Waals surface area contributed by atoms with Gasteiger partial charge in [0.15, 0.2) is 0 Å². The van der Waals surface area contributed by atoms with Gasteiger partial charge in [-0.15, -0.1) is 11.3 Å². The van der Waals surface area contributed by atoms with E-state index in [1.54, 1.807) is 6.07 Å². The summed E-state index contributed by atoms with van der Waals surface area (Å²) in [6.07, 6.45) is 4.71. The third-order valence-corrected chi connectivity index (χ3v) is 5.01. The highest BCUT2D eigenvalue weighted by Gasteiger charge is 2.29. The molecule has 2 unspecified atom stereocenters. The first-order valence-corrected chi connectivity index (χ1v) is 7.35. The lowest BCUT2D eigenvalue weighted by atomic mass is 9.83. The van der Waals surface area contributed by atoms with Crippen LogP contribution in [0, 0.1) is 0 Å². The minimum absolute atomic E-state index is 0.0355. The minimum Gasteiger partial charge on any atom is -0.465 e. The van der Waals surface area contributed by atoms with Crippen LogP contribution in [-0.2, 0) is 4.74 Å². The summed E-state index contributed by atoms with van der Waals surface area (Å²) in [5.41, 5.74) is 1.92. The van der Waals surface area contributed by atoms with Crippen molar-refractivity contribution in [3.63, 3.8) is 0 Å². The van der Waals surface area contributed by atoms with Gasteiger partial charge in [-0.05, 0) is 24.5 Å². The molecule has 1 aliphatic rings. The summed E-state index contributed by atoms with van der Waals surface area (Å²) in [5.74, 6) is -0.368. The number of nitrogens with one attached hydrogen (secondary N) is 1. The van der Waals surface area contributed by atoms with Gasteiger partial charge in [0.1, 0.15) is 11.0 Å². The van der Waals surface area contributed by atoms with E-state index < -0.39 is 6.17 Å². The molecule has 0 saturated heterocycles. The highest BCUT2D eigenvalue weighted by atomic mass is 32.1. The molecule has 0 spiro atoms. The van der Waals surface area contributed by atoms with Crippen LogP contribution in [0.3, 0.4) is 0 Å². The number of hydrogen-bond donors (Lipinski definition) is 1. The summed E-state index contributed by atoms with van der Waals surface area (Å²) in [5, 5.41) is 0. The number of carbonyl (C=O) groups excluding carboxylic acids is 1. The molecule has 2 aromatic heterocycles. The van der Waals surface area contributed by atoms with Crippen LogP contribution in [-0.4, -0.2) is 24.2 Å². The quantitative estimate of drug-likeness (QED) is 0.845. The largest absolute Gasteiger partial charge is 0.465 e. The summed E-state index contributed by atoms with van der Waals surface area (Å²) in [7, 11) is 1.37. The zero-order valence-electron chi connectivity index (χ0n) is 10.7. The summed E-state index contributed by atoms with van der Waals surface area (Å²) < 4.78 is 19.8. The molecule has 0 radical (unpaired) electrons. The van der Waals surface area contributed by atoms with Crippen LogP contribution >= 0.6 is 11.3 Å². The molecule has 2 heterocycles. The fourth-order valence-electron chi connectivity index (χ4n) is 2.85.